The van der Waals surface area contributed by atoms with Gasteiger partial charge in [0.1, 0.15) is 0 Å². The zero-order chi connectivity index (χ0) is 18.0. The number of halogens is 1. The lowest BCUT2D eigenvalue weighted by atomic mass is 10.1. The Morgan fingerprint density at radius 3 is 2.80 bits per heavy atom. The van der Waals surface area contributed by atoms with Gasteiger partial charge in [0.05, 0.1) is 23.0 Å². The van der Waals surface area contributed by atoms with Gasteiger partial charge in [0.15, 0.2) is 5.69 Å². The van der Waals surface area contributed by atoms with Crippen molar-refractivity contribution in [3.63, 3.8) is 0 Å². The SMILES string of the molecule is C=CC1=C(C=C)c2c(c(C(=O)OCC)nn2-c2ccccc2Cl)CS1. The van der Waals surface area contributed by atoms with Crippen LogP contribution in [-0.2, 0) is 10.5 Å². The highest BCUT2D eigenvalue weighted by molar-refractivity contribution is 8.02. The van der Waals surface area contributed by atoms with Gasteiger partial charge >= 0.3 is 5.97 Å². The first-order valence-electron chi connectivity index (χ1n) is 7.78. The van der Waals surface area contributed by atoms with Crippen molar-refractivity contribution in [1.82, 2.24) is 9.78 Å². The molecule has 2 heterocycles. The minimum Gasteiger partial charge on any atom is -0.461 e. The second-order valence-corrected chi connectivity index (χ2v) is 6.66. The summed E-state index contributed by atoms with van der Waals surface area (Å²) in [5.41, 5.74) is 3.52. The van der Waals surface area contributed by atoms with E-state index in [1.165, 1.54) is 0 Å². The fourth-order valence-corrected chi connectivity index (χ4v) is 3.98. The average molecular weight is 373 g/mol. The number of nitrogens with zero attached hydrogens (tertiary/aromatic N) is 2. The number of para-hydroxylation sites is 1. The fraction of sp³-hybridized carbons (Fsp3) is 0.158. The van der Waals surface area contributed by atoms with Crippen molar-refractivity contribution in [2.75, 3.05) is 6.61 Å². The number of aromatic nitrogens is 2. The van der Waals surface area contributed by atoms with Crippen LogP contribution in [0.25, 0.3) is 11.3 Å². The van der Waals surface area contributed by atoms with Crippen LogP contribution in [0.1, 0.15) is 28.7 Å². The molecule has 3 rings (SSSR count). The Labute approximate surface area is 155 Å². The second-order valence-electron chi connectivity index (χ2n) is 5.23. The van der Waals surface area contributed by atoms with Crippen LogP contribution in [0.4, 0.5) is 0 Å². The lowest BCUT2D eigenvalue weighted by Gasteiger charge is -2.18. The van der Waals surface area contributed by atoms with Gasteiger partial charge in [-0.05, 0) is 19.1 Å². The Kier molecular flexibility index (Phi) is 5.16. The lowest BCUT2D eigenvalue weighted by Crippen LogP contribution is -2.09. The van der Waals surface area contributed by atoms with Crippen molar-refractivity contribution in [3.8, 4) is 5.69 Å². The topological polar surface area (TPSA) is 44.1 Å². The van der Waals surface area contributed by atoms with Gasteiger partial charge in [0.2, 0.25) is 0 Å². The zero-order valence-electron chi connectivity index (χ0n) is 13.8. The minimum absolute atomic E-state index is 0.293. The molecule has 0 radical (unpaired) electrons. The maximum atomic E-state index is 12.4. The van der Waals surface area contributed by atoms with Gasteiger partial charge < -0.3 is 4.74 Å². The van der Waals surface area contributed by atoms with Crippen LogP contribution in [-0.4, -0.2) is 22.4 Å². The van der Waals surface area contributed by atoms with Crippen molar-refractivity contribution in [2.24, 2.45) is 0 Å². The molecule has 0 fully saturated rings. The smallest absolute Gasteiger partial charge is 0.359 e. The summed E-state index contributed by atoms with van der Waals surface area (Å²) in [6, 6.07) is 7.38. The van der Waals surface area contributed by atoms with Gasteiger partial charge in [-0.1, -0.05) is 49.0 Å². The molecule has 0 N–H and O–H groups in total. The summed E-state index contributed by atoms with van der Waals surface area (Å²) in [6.07, 6.45) is 3.55. The summed E-state index contributed by atoms with van der Waals surface area (Å²) in [6.45, 7) is 9.86. The first-order valence-corrected chi connectivity index (χ1v) is 9.14. The van der Waals surface area contributed by atoms with E-state index >= 15 is 0 Å². The summed E-state index contributed by atoms with van der Waals surface area (Å²) in [7, 11) is 0. The second kappa shape index (κ2) is 7.33. The maximum Gasteiger partial charge on any atom is 0.359 e. The van der Waals surface area contributed by atoms with E-state index in [0.29, 0.717) is 28.8 Å². The van der Waals surface area contributed by atoms with Gasteiger partial charge in [-0.25, -0.2) is 9.48 Å². The van der Waals surface area contributed by atoms with E-state index in [9.17, 15) is 4.79 Å². The largest absolute Gasteiger partial charge is 0.461 e. The predicted octanol–water partition coefficient (Wildman–Crippen LogP) is 5.03. The number of benzene rings is 1. The number of allylic oxidation sites excluding steroid dienone is 3. The van der Waals surface area contributed by atoms with Gasteiger partial charge in [0, 0.05) is 21.8 Å². The van der Waals surface area contributed by atoms with Crippen molar-refractivity contribution in [1.29, 1.82) is 0 Å². The molecule has 1 aromatic carbocycles. The standard InChI is InChI=1S/C19H17ClN2O2S/c1-4-12-16(5-2)25-11-13-17(19(23)24-6-3)21-22(18(12)13)15-10-8-7-9-14(15)20/h4-5,7-10H,1-2,6,11H2,3H3. The fourth-order valence-electron chi connectivity index (χ4n) is 2.74. The number of esters is 1. The van der Waals surface area contributed by atoms with Crippen molar-refractivity contribution in [2.45, 2.75) is 12.7 Å². The molecule has 1 aliphatic rings. The van der Waals surface area contributed by atoms with Crippen LogP contribution in [0.3, 0.4) is 0 Å². The Hall–Kier alpha value is -2.24. The molecule has 1 aliphatic heterocycles. The number of hydrogen-bond donors (Lipinski definition) is 0. The van der Waals surface area contributed by atoms with E-state index in [4.69, 9.17) is 16.3 Å². The van der Waals surface area contributed by atoms with Gasteiger partial charge in [0.25, 0.3) is 0 Å². The van der Waals surface area contributed by atoms with Crippen molar-refractivity contribution < 1.29 is 9.53 Å². The first kappa shape index (κ1) is 17.6. The molecule has 0 atom stereocenters. The maximum absolute atomic E-state index is 12.4. The molecule has 0 spiro atoms. The quantitative estimate of drug-likeness (QED) is 0.690. The van der Waals surface area contributed by atoms with Crippen LogP contribution in [0.2, 0.25) is 5.02 Å². The Morgan fingerprint density at radius 2 is 2.16 bits per heavy atom. The molecule has 6 heteroatoms. The molecule has 2 aromatic rings. The molecule has 0 amide bonds. The minimum atomic E-state index is -0.435. The van der Waals surface area contributed by atoms with Crippen LogP contribution < -0.4 is 0 Å². The molecule has 4 nitrogen and oxygen atoms in total. The summed E-state index contributed by atoms with van der Waals surface area (Å²) in [4.78, 5) is 13.4. The van der Waals surface area contributed by atoms with E-state index in [1.54, 1.807) is 41.6 Å². The molecule has 0 bridgehead atoms. The number of carbonyl (C=O) groups is 1. The molecule has 128 valence electrons. The highest BCUT2D eigenvalue weighted by Crippen LogP contribution is 2.42. The van der Waals surface area contributed by atoms with Crippen LogP contribution in [0.15, 0.2) is 54.5 Å². The summed E-state index contributed by atoms with van der Waals surface area (Å²) in [5, 5.41) is 5.08. The van der Waals surface area contributed by atoms with E-state index in [1.807, 2.05) is 18.2 Å². The van der Waals surface area contributed by atoms with E-state index in [2.05, 4.69) is 18.3 Å². The van der Waals surface area contributed by atoms with Gasteiger partial charge in [-0.3, -0.25) is 0 Å². The molecule has 0 saturated carbocycles. The summed E-state index contributed by atoms with van der Waals surface area (Å²) < 4.78 is 6.88. The Balaban J connectivity index is 2.32. The van der Waals surface area contributed by atoms with Crippen LogP contribution >= 0.6 is 23.4 Å². The number of ether oxygens (including phenoxy) is 1. The molecule has 25 heavy (non-hydrogen) atoms. The number of rotatable bonds is 5. The van der Waals surface area contributed by atoms with Crippen LogP contribution in [0, 0.1) is 0 Å². The monoisotopic (exact) mass is 372 g/mol. The summed E-state index contributed by atoms with van der Waals surface area (Å²) in [5.74, 6) is 0.169. The molecule has 0 saturated heterocycles. The zero-order valence-corrected chi connectivity index (χ0v) is 15.4. The van der Waals surface area contributed by atoms with Crippen LogP contribution in [0.5, 0.6) is 0 Å². The lowest BCUT2D eigenvalue weighted by molar-refractivity contribution is 0.0518. The first-order chi connectivity index (χ1) is 12.1. The number of thioether (sulfide) groups is 1. The van der Waals surface area contributed by atoms with E-state index in [-0.39, 0.29) is 0 Å². The Bertz CT molecular complexity index is 899. The van der Waals surface area contributed by atoms with Crippen molar-refractivity contribution >= 4 is 34.9 Å². The normalized spacial score (nSPS) is 13.4. The molecule has 0 aliphatic carbocycles. The third-order valence-electron chi connectivity index (χ3n) is 3.82. The van der Waals surface area contributed by atoms with Gasteiger partial charge in [-0.15, -0.1) is 11.8 Å². The summed E-state index contributed by atoms with van der Waals surface area (Å²) >= 11 is 7.97. The number of fused-ring (bicyclic) bond motifs is 1. The number of carbonyl (C=O) groups excluding carboxylic acids is 1. The molecule has 0 unspecified atom stereocenters. The number of hydrogen-bond acceptors (Lipinski definition) is 4. The van der Waals surface area contributed by atoms with Gasteiger partial charge in [-0.2, -0.15) is 5.10 Å². The Morgan fingerprint density at radius 1 is 1.40 bits per heavy atom. The third-order valence-corrected chi connectivity index (χ3v) is 5.27. The highest BCUT2D eigenvalue weighted by Gasteiger charge is 2.30. The molecular weight excluding hydrogens is 356 g/mol. The molecule has 1 aromatic heterocycles. The van der Waals surface area contributed by atoms with Crippen molar-refractivity contribution in [3.05, 3.63) is 76.5 Å². The highest BCUT2D eigenvalue weighted by atomic mass is 35.5. The molecular formula is C19H17ClN2O2S. The average Bonchev–Trinajstić information content (AvgIpc) is 3.01. The predicted molar refractivity (Wildman–Crippen MR) is 103 cm³/mol. The van der Waals surface area contributed by atoms with E-state index < -0.39 is 5.97 Å². The third kappa shape index (κ3) is 3.05. The van der Waals surface area contributed by atoms with E-state index in [0.717, 1.165) is 21.7 Å².